The first kappa shape index (κ1) is 29.8. The predicted octanol–water partition coefficient (Wildman–Crippen LogP) is 7.06. The van der Waals surface area contributed by atoms with E-state index in [-0.39, 0.29) is 17.9 Å². The first-order valence-corrected chi connectivity index (χ1v) is 16.0. The van der Waals surface area contributed by atoms with Gasteiger partial charge >= 0.3 is 0 Å². The van der Waals surface area contributed by atoms with Crippen molar-refractivity contribution < 1.29 is 9.59 Å². The lowest BCUT2D eigenvalue weighted by molar-refractivity contribution is 0.0927. The molecule has 5 rings (SSSR count). The van der Waals surface area contributed by atoms with Gasteiger partial charge < -0.3 is 15.5 Å². The highest BCUT2D eigenvalue weighted by molar-refractivity contribution is 6.06. The number of nitrogens with one attached hydrogen (secondary N) is 2. The molecule has 0 unspecified atom stereocenters. The molecule has 2 amide bonds. The monoisotopic (exact) mass is 566 g/mol. The molecule has 0 spiro atoms. The van der Waals surface area contributed by atoms with Crippen molar-refractivity contribution in [1.82, 2.24) is 10.2 Å². The van der Waals surface area contributed by atoms with Crippen molar-refractivity contribution in [1.29, 1.82) is 0 Å². The van der Waals surface area contributed by atoms with E-state index >= 15 is 0 Å². The number of hydrogen-bond acceptors (Lipinski definition) is 4. The molecular weight excluding hydrogens is 520 g/mol. The van der Waals surface area contributed by atoms with E-state index in [1.54, 1.807) is 0 Å². The zero-order valence-electron chi connectivity index (χ0n) is 25.1. The van der Waals surface area contributed by atoms with Crippen LogP contribution >= 0.6 is 0 Å². The van der Waals surface area contributed by atoms with Crippen LogP contribution in [0.4, 0.5) is 11.4 Å². The third-order valence-corrected chi connectivity index (χ3v) is 8.69. The van der Waals surface area contributed by atoms with Gasteiger partial charge in [-0.05, 0) is 67.1 Å². The molecule has 6 nitrogen and oxygen atoms in total. The number of piperazine rings is 1. The molecule has 6 heteroatoms. The predicted molar refractivity (Wildman–Crippen MR) is 172 cm³/mol. The molecule has 0 bridgehead atoms. The lowest BCUT2D eigenvalue weighted by Gasteiger charge is -2.37. The summed E-state index contributed by atoms with van der Waals surface area (Å²) >= 11 is 0. The smallest absolute Gasteiger partial charge is 0.255 e. The van der Waals surface area contributed by atoms with Crippen molar-refractivity contribution in [3.05, 3.63) is 95.1 Å². The number of unbranched alkanes of at least 4 members (excludes halogenated alkanes) is 2. The van der Waals surface area contributed by atoms with E-state index in [0.29, 0.717) is 16.8 Å². The molecule has 1 saturated heterocycles. The fourth-order valence-corrected chi connectivity index (χ4v) is 6.18. The highest BCUT2D eigenvalue weighted by atomic mass is 16.2. The zero-order valence-corrected chi connectivity index (χ0v) is 25.1. The molecule has 1 aliphatic carbocycles. The molecule has 2 N–H and O–H groups in total. The Kier molecular flexibility index (Phi) is 10.7. The van der Waals surface area contributed by atoms with E-state index in [9.17, 15) is 9.59 Å². The van der Waals surface area contributed by atoms with Gasteiger partial charge in [0.15, 0.2) is 0 Å². The molecule has 3 aromatic carbocycles. The van der Waals surface area contributed by atoms with Gasteiger partial charge in [-0.1, -0.05) is 81.5 Å². The number of rotatable bonds is 11. The van der Waals surface area contributed by atoms with Crippen LogP contribution in [0, 0.1) is 0 Å². The number of carbonyl (C=O) groups is 2. The Bertz CT molecular complexity index is 1290. The summed E-state index contributed by atoms with van der Waals surface area (Å²) in [6.07, 6.45) is 10.3. The molecule has 0 atom stereocenters. The Morgan fingerprint density at radius 3 is 2.24 bits per heavy atom. The van der Waals surface area contributed by atoms with Crippen molar-refractivity contribution in [2.75, 3.05) is 36.4 Å². The standard InChI is InChI=1S/C36H46N4O2/c1-2-3-6-11-28-16-18-30(19-17-28)35(41)38-32-20-21-34(33(26-32)36(42)37-31-14-9-5-10-15-31)40-24-22-39(23-25-40)27-29-12-7-4-8-13-29/h4,7-8,12-13,16-21,26,31H,2-3,5-6,9-11,14-15,22-25,27H2,1H3,(H,37,42)(H,38,41). The Morgan fingerprint density at radius 2 is 1.52 bits per heavy atom. The van der Waals surface area contributed by atoms with Crippen molar-refractivity contribution >= 4 is 23.2 Å². The van der Waals surface area contributed by atoms with E-state index in [2.05, 4.69) is 57.7 Å². The lowest BCUT2D eigenvalue weighted by atomic mass is 9.95. The molecule has 1 saturated carbocycles. The summed E-state index contributed by atoms with van der Waals surface area (Å²) in [5.74, 6) is -0.202. The average molecular weight is 567 g/mol. The van der Waals surface area contributed by atoms with Crippen LogP contribution in [0.1, 0.15) is 90.1 Å². The van der Waals surface area contributed by atoms with Crippen molar-refractivity contribution in [2.45, 2.75) is 77.3 Å². The van der Waals surface area contributed by atoms with Gasteiger partial charge in [0.2, 0.25) is 0 Å². The van der Waals surface area contributed by atoms with Crippen LogP contribution < -0.4 is 15.5 Å². The summed E-state index contributed by atoms with van der Waals surface area (Å²) < 4.78 is 0. The lowest BCUT2D eigenvalue weighted by Crippen LogP contribution is -2.46. The summed E-state index contributed by atoms with van der Waals surface area (Å²) in [7, 11) is 0. The van der Waals surface area contributed by atoms with E-state index < -0.39 is 0 Å². The normalized spacial score (nSPS) is 16.3. The highest BCUT2D eigenvalue weighted by Gasteiger charge is 2.24. The van der Waals surface area contributed by atoms with Crippen molar-refractivity contribution in [3.8, 4) is 0 Å². The van der Waals surface area contributed by atoms with Gasteiger partial charge in [0.25, 0.3) is 11.8 Å². The second-order valence-electron chi connectivity index (χ2n) is 11.9. The molecule has 2 aliphatic rings. The van der Waals surface area contributed by atoms with Crippen LogP contribution in [0.15, 0.2) is 72.8 Å². The number of anilines is 2. The fraction of sp³-hybridized carbons (Fsp3) is 0.444. The second-order valence-corrected chi connectivity index (χ2v) is 11.9. The SMILES string of the molecule is CCCCCc1ccc(C(=O)Nc2ccc(N3CCN(Cc4ccccc4)CC3)c(C(=O)NC3CCCCC3)c2)cc1. The maximum Gasteiger partial charge on any atom is 0.255 e. The summed E-state index contributed by atoms with van der Waals surface area (Å²) in [5.41, 5.74) is 5.44. The van der Waals surface area contributed by atoms with Crippen LogP contribution in [-0.2, 0) is 13.0 Å². The topological polar surface area (TPSA) is 64.7 Å². The number of carbonyl (C=O) groups excluding carboxylic acids is 2. The van der Waals surface area contributed by atoms with E-state index in [1.807, 2.05) is 42.5 Å². The van der Waals surface area contributed by atoms with Crippen LogP contribution in [0.2, 0.25) is 0 Å². The Labute approximate surface area is 251 Å². The summed E-state index contributed by atoms with van der Waals surface area (Å²) in [6, 6.07) is 24.5. The molecular formula is C36H46N4O2. The largest absolute Gasteiger partial charge is 0.368 e. The van der Waals surface area contributed by atoms with Gasteiger partial charge in [-0.3, -0.25) is 14.5 Å². The molecule has 3 aromatic rings. The molecule has 0 radical (unpaired) electrons. The molecule has 1 aliphatic heterocycles. The maximum absolute atomic E-state index is 13.7. The van der Waals surface area contributed by atoms with Gasteiger partial charge in [-0.15, -0.1) is 0 Å². The van der Waals surface area contributed by atoms with E-state index in [1.165, 1.54) is 36.8 Å². The molecule has 42 heavy (non-hydrogen) atoms. The maximum atomic E-state index is 13.7. The summed E-state index contributed by atoms with van der Waals surface area (Å²) in [6.45, 7) is 6.73. The number of amides is 2. The minimum Gasteiger partial charge on any atom is -0.368 e. The Balaban J connectivity index is 1.28. The minimum absolute atomic E-state index is 0.0452. The zero-order chi connectivity index (χ0) is 29.1. The fourth-order valence-electron chi connectivity index (χ4n) is 6.18. The van der Waals surface area contributed by atoms with Gasteiger partial charge in [-0.2, -0.15) is 0 Å². The van der Waals surface area contributed by atoms with Crippen molar-refractivity contribution in [2.24, 2.45) is 0 Å². The van der Waals surface area contributed by atoms with Crippen LogP contribution in [0.25, 0.3) is 0 Å². The second kappa shape index (κ2) is 15.0. The number of benzene rings is 3. The summed E-state index contributed by atoms with van der Waals surface area (Å²) in [4.78, 5) is 31.6. The number of nitrogens with zero attached hydrogens (tertiary/aromatic N) is 2. The third-order valence-electron chi connectivity index (χ3n) is 8.69. The van der Waals surface area contributed by atoms with Crippen LogP contribution in [0.5, 0.6) is 0 Å². The Morgan fingerprint density at radius 1 is 0.786 bits per heavy atom. The minimum atomic E-state index is -0.156. The quantitative estimate of drug-likeness (QED) is 0.244. The van der Waals surface area contributed by atoms with Crippen molar-refractivity contribution in [3.63, 3.8) is 0 Å². The average Bonchev–Trinajstić information content (AvgIpc) is 3.03. The number of aryl methyl sites for hydroxylation is 1. The number of hydrogen-bond donors (Lipinski definition) is 2. The van der Waals surface area contributed by atoms with Gasteiger partial charge in [-0.25, -0.2) is 0 Å². The Hall–Kier alpha value is -3.64. The molecule has 1 heterocycles. The van der Waals surface area contributed by atoms with Gasteiger partial charge in [0, 0.05) is 55.7 Å². The van der Waals surface area contributed by atoms with Crippen LogP contribution in [0.3, 0.4) is 0 Å². The van der Waals surface area contributed by atoms with Gasteiger partial charge in [0.1, 0.15) is 0 Å². The third kappa shape index (κ3) is 8.22. The first-order chi connectivity index (χ1) is 20.6. The van der Waals surface area contributed by atoms with Crippen LogP contribution in [-0.4, -0.2) is 48.9 Å². The van der Waals surface area contributed by atoms with E-state index in [4.69, 9.17) is 0 Å². The van der Waals surface area contributed by atoms with E-state index in [0.717, 1.165) is 70.5 Å². The molecule has 222 valence electrons. The summed E-state index contributed by atoms with van der Waals surface area (Å²) in [5, 5.41) is 6.35. The molecule has 2 fully saturated rings. The first-order valence-electron chi connectivity index (χ1n) is 16.0. The highest BCUT2D eigenvalue weighted by Crippen LogP contribution is 2.28. The van der Waals surface area contributed by atoms with Gasteiger partial charge in [0.05, 0.1) is 5.56 Å². The molecule has 0 aromatic heterocycles.